The van der Waals surface area contributed by atoms with Gasteiger partial charge < -0.3 is 5.11 Å². The zero-order chi connectivity index (χ0) is 16.2. The number of carboxylic acid groups (broad SMARTS) is 1. The van der Waals surface area contributed by atoms with Crippen LogP contribution in [0.4, 0.5) is 0 Å². The molecule has 23 heavy (non-hydrogen) atoms. The van der Waals surface area contributed by atoms with Gasteiger partial charge in [-0.05, 0) is 41.3 Å². The van der Waals surface area contributed by atoms with Crippen molar-refractivity contribution in [2.24, 2.45) is 0 Å². The van der Waals surface area contributed by atoms with Crippen molar-refractivity contribution < 1.29 is 9.90 Å². The zero-order valence-corrected chi connectivity index (χ0v) is 12.0. The highest BCUT2D eigenvalue weighted by molar-refractivity contribution is 5.87. The predicted octanol–water partition coefficient (Wildman–Crippen LogP) is 3.37. The first-order chi connectivity index (χ1) is 11.2. The molecule has 0 fully saturated rings. The average molecular weight is 301 g/mol. The van der Waals surface area contributed by atoms with Crippen LogP contribution in [0.3, 0.4) is 0 Å². The van der Waals surface area contributed by atoms with Crippen molar-refractivity contribution in [3.05, 3.63) is 71.3 Å². The third kappa shape index (κ3) is 3.06. The number of hydrogen-bond donors (Lipinski definition) is 1. The zero-order valence-electron chi connectivity index (χ0n) is 12.0. The minimum Gasteiger partial charge on any atom is -0.477 e. The molecule has 3 rings (SSSR count). The second-order valence-corrected chi connectivity index (χ2v) is 4.86. The van der Waals surface area contributed by atoms with Crippen LogP contribution >= 0.6 is 0 Å². The van der Waals surface area contributed by atoms with Crippen LogP contribution in [0.15, 0.2) is 48.8 Å². The lowest BCUT2D eigenvalue weighted by molar-refractivity contribution is 0.0690. The quantitative estimate of drug-likeness (QED) is 0.801. The molecule has 0 bridgehead atoms. The minimum absolute atomic E-state index is 0.0896. The first-order valence-electron chi connectivity index (χ1n) is 6.84. The Kier molecular flexibility index (Phi) is 3.81. The molecule has 0 saturated heterocycles. The first kappa shape index (κ1) is 14.4. The van der Waals surface area contributed by atoms with E-state index in [1.807, 2.05) is 30.3 Å². The summed E-state index contributed by atoms with van der Waals surface area (Å²) in [6.07, 6.45) is 6.96. The molecule has 0 aliphatic heterocycles. The van der Waals surface area contributed by atoms with E-state index in [2.05, 4.69) is 9.97 Å². The smallest absolute Gasteiger partial charge is 0.354 e. The van der Waals surface area contributed by atoms with Gasteiger partial charge in [0.05, 0.1) is 11.3 Å². The summed E-state index contributed by atoms with van der Waals surface area (Å²) in [6.45, 7) is 0. The van der Waals surface area contributed by atoms with Crippen LogP contribution in [-0.2, 0) is 0 Å². The van der Waals surface area contributed by atoms with E-state index in [9.17, 15) is 4.79 Å². The Morgan fingerprint density at radius 1 is 1.13 bits per heavy atom. The highest BCUT2D eigenvalue weighted by atomic mass is 16.4. The lowest BCUT2D eigenvalue weighted by Crippen LogP contribution is -2.02. The van der Waals surface area contributed by atoms with Crippen molar-refractivity contribution in [3.63, 3.8) is 0 Å². The maximum atomic E-state index is 11.0. The van der Waals surface area contributed by atoms with Gasteiger partial charge in [0.1, 0.15) is 11.8 Å². The number of aromatic carboxylic acids is 1. The molecule has 0 radical (unpaired) electrons. The van der Waals surface area contributed by atoms with E-state index in [1.165, 1.54) is 12.1 Å². The predicted molar refractivity (Wildman–Crippen MR) is 86.6 cm³/mol. The SMILES string of the molecule is N#Cc1ccc(C(=O)O)nc1/C=C/c1ccc2cnccc2c1. The molecule has 1 aromatic carbocycles. The molecule has 0 amide bonds. The number of rotatable bonds is 3. The van der Waals surface area contributed by atoms with E-state index < -0.39 is 5.97 Å². The molecule has 0 saturated carbocycles. The minimum atomic E-state index is -1.12. The fourth-order valence-corrected chi connectivity index (χ4v) is 2.20. The molecule has 5 nitrogen and oxygen atoms in total. The van der Waals surface area contributed by atoms with Gasteiger partial charge in [-0.3, -0.25) is 4.98 Å². The van der Waals surface area contributed by atoms with Crippen LogP contribution in [0.5, 0.6) is 0 Å². The molecule has 0 unspecified atom stereocenters. The molecule has 0 spiro atoms. The van der Waals surface area contributed by atoms with Crippen molar-refractivity contribution in [1.29, 1.82) is 5.26 Å². The van der Waals surface area contributed by atoms with Crippen LogP contribution in [0, 0.1) is 11.3 Å². The summed E-state index contributed by atoms with van der Waals surface area (Å²) < 4.78 is 0. The van der Waals surface area contributed by atoms with Crippen LogP contribution in [0.2, 0.25) is 0 Å². The Morgan fingerprint density at radius 3 is 2.78 bits per heavy atom. The van der Waals surface area contributed by atoms with Crippen LogP contribution < -0.4 is 0 Å². The number of carbonyl (C=O) groups is 1. The van der Waals surface area contributed by atoms with E-state index >= 15 is 0 Å². The van der Waals surface area contributed by atoms with Gasteiger partial charge in [-0.1, -0.05) is 18.2 Å². The molecular weight excluding hydrogens is 290 g/mol. The van der Waals surface area contributed by atoms with Crippen molar-refractivity contribution in [2.45, 2.75) is 0 Å². The summed E-state index contributed by atoms with van der Waals surface area (Å²) in [5, 5.41) is 20.2. The molecule has 1 N–H and O–H groups in total. The largest absolute Gasteiger partial charge is 0.477 e. The molecule has 2 aromatic heterocycles. The number of pyridine rings is 2. The Balaban J connectivity index is 1.99. The van der Waals surface area contributed by atoms with E-state index in [1.54, 1.807) is 24.5 Å². The van der Waals surface area contributed by atoms with Crippen LogP contribution in [-0.4, -0.2) is 21.0 Å². The third-order valence-electron chi connectivity index (χ3n) is 3.36. The van der Waals surface area contributed by atoms with Crippen molar-refractivity contribution in [1.82, 2.24) is 9.97 Å². The summed E-state index contributed by atoms with van der Waals surface area (Å²) in [5.41, 5.74) is 1.50. The maximum absolute atomic E-state index is 11.0. The highest BCUT2D eigenvalue weighted by Gasteiger charge is 2.08. The fraction of sp³-hybridized carbons (Fsp3) is 0. The van der Waals surface area contributed by atoms with E-state index in [-0.39, 0.29) is 5.69 Å². The number of hydrogen-bond acceptors (Lipinski definition) is 4. The topological polar surface area (TPSA) is 86.9 Å². The molecule has 5 heteroatoms. The number of carboxylic acids is 1. The van der Waals surface area contributed by atoms with Crippen LogP contribution in [0.25, 0.3) is 22.9 Å². The summed E-state index contributed by atoms with van der Waals surface area (Å²) in [6, 6.07) is 12.6. The second-order valence-electron chi connectivity index (χ2n) is 4.86. The molecule has 0 aliphatic carbocycles. The summed E-state index contributed by atoms with van der Waals surface area (Å²) in [4.78, 5) is 19.1. The van der Waals surface area contributed by atoms with Gasteiger partial charge in [-0.15, -0.1) is 0 Å². The third-order valence-corrected chi connectivity index (χ3v) is 3.36. The Morgan fingerprint density at radius 2 is 2.00 bits per heavy atom. The number of aromatic nitrogens is 2. The molecule has 0 aliphatic rings. The Hall–Kier alpha value is -3.52. The van der Waals surface area contributed by atoms with Gasteiger partial charge in [0, 0.05) is 17.8 Å². The monoisotopic (exact) mass is 301 g/mol. The molecular formula is C18H11N3O2. The van der Waals surface area contributed by atoms with Gasteiger partial charge in [-0.2, -0.15) is 5.26 Å². The average Bonchev–Trinajstić information content (AvgIpc) is 2.59. The molecule has 2 heterocycles. The van der Waals surface area contributed by atoms with Gasteiger partial charge >= 0.3 is 5.97 Å². The summed E-state index contributed by atoms with van der Waals surface area (Å²) in [5.74, 6) is -1.12. The fourth-order valence-electron chi connectivity index (χ4n) is 2.20. The van der Waals surface area contributed by atoms with Crippen molar-refractivity contribution in [2.75, 3.05) is 0 Å². The maximum Gasteiger partial charge on any atom is 0.354 e. The van der Waals surface area contributed by atoms with Crippen LogP contribution in [0.1, 0.15) is 27.3 Å². The first-order valence-corrected chi connectivity index (χ1v) is 6.84. The summed E-state index contributed by atoms with van der Waals surface area (Å²) in [7, 11) is 0. The van der Waals surface area contributed by atoms with E-state index in [0.717, 1.165) is 16.3 Å². The van der Waals surface area contributed by atoms with Gasteiger partial charge in [0.25, 0.3) is 0 Å². The Bertz CT molecular complexity index is 971. The standard InChI is InChI=1S/C18H11N3O2/c19-10-14-4-6-17(18(22)23)21-16(14)5-2-12-1-3-15-11-20-8-7-13(15)9-12/h1-9,11H,(H,22,23)/b5-2+. The van der Waals surface area contributed by atoms with E-state index in [0.29, 0.717) is 11.3 Å². The number of benzene rings is 1. The lowest BCUT2D eigenvalue weighted by atomic mass is 10.1. The molecule has 0 atom stereocenters. The summed E-state index contributed by atoms with van der Waals surface area (Å²) >= 11 is 0. The van der Waals surface area contributed by atoms with Gasteiger partial charge in [-0.25, -0.2) is 9.78 Å². The van der Waals surface area contributed by atoms with Gasteiger partial charge in [0.2, 0.25) is 0 Å². The molecule has 110 valence electrons. The molecule has 3 aromatic rings. The number of fused-ring (bicyclic) bond motifs is 1. The number of nitriles is 1. The Labute approximate surface area is 132 Å². The second kappa shape index (κ2) is 6.08. The van der Waals surface area contributed by atoms with Gasteiger partial charge in [0.15, 0.2) is 0 Å². The lowest BCUT2D eigenvalue weighted by Gasteiger charge is -2.01. The normalized spacial score (nSPS) is 10.7. The number of nitrogens with zero attached hydrogens (tertiary/aromatic N) is 3. The van der Waals surface area contributed by atoms with Crippen molar-refractivity contribution in [3.8, 4) is 6.07 Å². The van der Waals surface area contributed by atoms with E-state index in [4.69, 9.17) is 10.4 Å². The van der Waals surface area contributed by atoms with Crippen molar-refractivity contribution >= 4 is 28.9 Å². The highest BCUT2D eigenvalue weighted by Crippen LogP contribution is 2.17.